The van der Waals surface area contributed by atoms with Crippen LogP contribution in [0.3, 0.4) is 0 Å². The molecule has 0 amide bonds. The van der Waals surface area contributed by atoms with E-state index >= 15 is 0 Å². The lowest BCUT2D eigenvalue weighted by Crippen LogP contribution is -2.38. The van der Waals surface area contributed by atoms with Crippen molar-refractivity contribution in [2.45, 2.75) is 66.1 Å². The monoisotopic (exact) mass is 426 g/mol. The van der Waals surface area contributed by atoms with E-state index in [2.05, 4.69) is 60.0 Å². The Labute approximate surface area is 183 Å². The van der Waals surface area contributed by atoms with Crippen molar-refractivity contribution < 1.29 is 5.11 Å². The van der Waals surface area contributed by atoms with Crippen LogP contribution < -0.4 is 5.56 Å². The Kier molecular flexibility index (Phi) is 6.91. The van der Waals surface area contributed by atoms with Gasteiger partial charge in [0, 0.05) is 30.8 Å². The number of benzene rings is 1. The largest absolute Gasteiger partial charge is 0.396 e. The third kappa shape index (κ3) is 5.19. The van der Waals surface area contributed by atoms with Crippen molar-refractivity contribution in [3.8, 4) is 0 Å². The molecule has 0 aliphatic heterocycles. The van der Waals surface area contributed by atoms with E-state index in [1.165, 1.54) is 0 Å². The normalized spacial score (nSPS) is 13.5. The van der Waals surface area contributed by atoms with E-state index in [1.54, 1.807) is 0 Å². The number of aromatic nitrogens is 5. The quantitative estimate of drug-likeness (QED) is 0.574. The second-order valence-electron chi connectivity index (χ2n) is 9.57. The minimum Gasteiger partial charge on any atom is -0.396 e. The molecule has 0 spiro atoms. The zero-order valence-corrected chi connectivity index (χ0v) is 19.4. The van der Waals surface area contributed by atoms with Crippen molar-refractivity contribution in [2.24, 2.45) is 5.92 Å². The molecule has 1 aromatic carbocycles. The Morgan fingerprint density at radius 1 is 1.23 bits per heavy atom. The van der Waals surface area contributed by atoms with Gasteiger partial charge in [-0.1, -0.05) is 26.0 Å². The number of hydrogen-bond acceptors (Lipinski definition) is 6. The van der Waals surface area contributed by atoms with E-state index in [-0.39, 0.29) is 29.7 Å². The molecule has 3 aromatic rings. The number of aliphatic hydroxyl groups is 1. The molecule has 2 N–H and O–H groups in total. The van der Waals surface area contributed by atoms with E-state index in [0.29, 0.717) is 25.1 Å². The van der Waals surface area contributed by atoms with Crippen LogP contribution in [-0.4, -0.2) is 48.3 Å². The zero-order chi connectivity index (χ0) is 22.8. The lowest BCUT2D eigenvalue weighted by molar-refractivity contribution is 0.116. The highest BCUT2D eigenvalue weighted by atomic mass is 16.3. The van der Waals surface area contributed by atoms with Crippen LogP contribution in [0.1, 0.15) is 64.0 Å². The number of pyridine rings is 1. The first kappa shape index (κ1) is 23.1. The van der Waals surface area contributed by atoms with Gasteiger partial charge in [-0.3, -0.25) is 9.69 Å². The topological polar surface area (TPSA) is 99.9 Å². The number of nitrogens with zero attached hydrogens (tertiary/aromatic N) is 5. The maximum atomic E-state index is 12.9. The van der Waals surface area contributed by atoms with E-state index in [0.717, 1.165) is 22.3 Å². The van der Waals surface area contributed by atoms with E-state index < -0.39 is 0 Å². The number of aromatic amines is 1. The molecule has 0 saturated heterocycles. The molecule has 0 aliphatic carbocycles. The Bertz CT molecular complexity index is 1080. The van der Waals surface area contributed by atoms with Crippen LogP contribution >= 0.6 is 0 Å². The summed E-state index contributed by atoms with van der Waals surface area (Å²) in [4.78, 5) is 18.1. The van der Waals surface area contributed by atoms with Crippen molar-refractivity contribution in [1.82, 2.24) is 30.1 Å². The fraction of sp³-hybridized carbons (Fsp3) is 0.565. The molecule has 0 aliphatic rings. The summed E-state index contributed by atoms with van der Waals surface area (Å²) in [6, 6.07) is 7.92. The summed E-state index contributed by atoms with van der Waals surface area (Å²) in [5.41, 5.74) is 2.27. The van der Waals surface area contributed by atoms with Gasteiger partial charge in [-0.15, -0.1) is 5.10 Å². The van der Waals surface area contributed by atoms with Gasteiger partial charge in [0.15, 0.2) is 5.82 Å². The summed E-state index contributed by atoms with van der Waals surface area (Å²) < 4.78 is 1.86. The Hall–Kier alpha value is -2.58. The van der Waals surface area contributed by atoms with Gasteiger partial charge in [0.1, 0.15) is 0 Å². The number of rotatable bonds is 8. The van der Waals surface area contributed by atoms with Gasteiger partial charge in [-0.05, 0) is 73.5 Å². The van der Waals surface area contributed by atoms with Crippen molar-refractivity contribution >= 4 is 10.9 Å². The van der Waals surface area contributed by atoms with Gasteiger partial charge in [0.2, 0.25) is 0 Å². The predicted molar refractivity (Wildman–Crippen MR) is 122 cm³/mol. The van der Waals surface area contributed by atoms with Gasteiger partial charge >= 0.3 is 0 Å². The predicted octanol–water partition coefficient (Wildman–Crippen LogP) is 3.16. The molecule has 0 fully saturated rings. The molecule has 8 nitrogen and oxygen atoms in total. The molecule has 0 bridgehead atoms. The van der Waals surface area contributed by atoms with Gasteiger partial charge in [-0.2, -0.15) is 0 Å². The fourth-order valence-electron chi connectivity index (χ4n) is 4.03. The number of fused-ring (bicyclic) bond motifs is 1. The molecule has 0 radical (unpaired) electrons. The molecule has 2 heterocycles. The maximum absolute atomic E-state index is 12.9. The zero-order valence-electron chi connectivity index (χ0n) is 19.4. The van der Waals surface area contributed by atoms with Crippen LogP contribution in [0, 0.1) is 12.8 Å². The summed E-state index contributed by atoms with van der Waals surface area (Å²) >= 11 is 0. The van der Waals surface area contributed by atoms with E-state index in [1.807, 2.05) is 35.9 Å². The highest BCUT2D eigenvalue weighted by molar-refractivity contribution is 5.79. The molecule has 0 unspecified atom stereocenters. The Balaban J connectivity index is 2.03. The van der Waals surface area contributed by atoms with Crippen molar-refractivity contribution in [2.75, 3.05) is 13.2 Å². The first-order valence-electron chi connectivity index (χ1n) is 10.9. The maximum Gasteiger partial charge on any atom is 0.252 e. The minimum absolute atomic E-state index is 0.0822. The summed E-state index contributed by atoms with van der Waals surface area (Å²) in [6.07, 6.45) is 0.602. The first-order chi connectivity index (χ1) is 14.6. The lowest BCUT2D eigenvalue weighted by atomic mass is 9.98. The Morgan fingerprint density at radius 2 is 1.97 bits per heavy atom. The molecule has 2 aromatic heterocycles. The van der Waals surface area contributed by atoms with Gasteiger partial charge < -0.3 is 10.1 Å². The van der Waals surface area contributed by atoms with Crippen LogP contribution in [0.2, 0.25) is 0 Å². The molecule has 3 rings (SSSR count). The Morgan fingerprint density at radius 3 is 2.61 bits per heavy atom. The van der Waals surface area contributed by atoms with Crippen molar-refractivity contribution in [1.29, 1.82) is 0 Å². The molecule has 31 heavy (non-hydrogen) atoms. The third-order valence-electron chi connectivity index (χ3n) is 5.47. The summed E-state index contributed by atoms with van der Waals surface area (Å²) in [5, 5.41) is 23.1. The van der Waals surface area contributed by atoms with Crippen LogP contribution in [-0.2, 0) is 12.1 Å². The van der Waals surface area contributed by atoms with Crippen LogP contribution in [0.25, 0.3) is 10.9 Å². The van der Waals surface area contributed by atoms with Crippen LogP contribution in [0.15, 0.2) is 29.1 Å². The van der Waals surface area contributed by atoms with Crippen LogP contribution in [0.4, 0.5) is 0 Å². The SMILES string of the molecule is Cc1ccc2cc(CN(CCCO)[C@@H](c3nnnn3C(C)(C)C)C(C)C)c(=O)[nH]c2c1. The highest BCUT2D eigenvalue weighted by Crippen LogP contribution is 2.31. The average Bonchev–Trinajstić information content (AvgIpc) is 3.16. The van der Waals surface area contributed by atoms with Crippen LogP contribution in [0.5, 0.6) is 0 Å². The smallest absolute Gasteiger partial charge is 0.252 e. The number of tetrazole rings is 1. The first-order valence-corrected chi connectivity index (χ1v) is 10.9. The van der Waals surface area contributed by atoms with Gasteiger partial charge in [-0.25, -0.2) is 4.68 Å². The summed E-state index contributed by atoms with van der Waals surface area (Å²) in [7, 11) is 0. The van der Waals surface area contributed by atoms with E-state index in [9.17, 15) is 9.90 Å². The molecular weight excluding hydrogens is 392 g/mol. The molecule has 0 saturated carbocycles. The lowest BCUT2D eigenvalue weighted by Gasteiger charge is -2.35. The fourth-order valence-corrected chi connectivity index (χ4v) is 4.03. The standard InChI is InChI=1S/C23H34N6O2/c1-15(2)20(21-25-26-27-29(21)23(4,5)6)28(10-7-11-30)14-18-13-17-9-8-16(3)12-19(17)24-22(18)31/h8-9,12-13,15,20,30H,7,10-11,14H2,1-6H3,(H,24,31)/t20-/m1/s1. The minimum atomic E-state index is -0.271. The average molecular weight is 427 g/mol. The molecule has 168 valence electrons. The summed E-state index contributed by atoms with van der Waals surface area (Å²) in [5.74, 6) is 0.973. The second kappa shape index (κ2) is 9.28. The second-order valence-corrected chi connectivity index (χ2v) is 9.57. The molecular formula is C23H34N6O2. The highest BCUT2D eigenvalue weighted by Gasteiger charge is 2.32. The van der Waals surface area contributed by atoms with Gasteiger partial charge in [0.05, 0.1) is 11.6 Å². The number of aliphatic hydroxyl groups excluding tert-OH is 1. The number of aryl methyl sites for hydroxylation is 1. The van der Waals surface area contributed by atoms with Crippen molar-refractivity contribution in [3.63, 3.8) is 0 Å². The van der Waals surface area contributed by atoms with Crippen molar-refractivity contribution in [3.05, 3.63) is 51.6 Å². The number of nitrogens with one attached hydrogen (secondary N) is 1. The van der Waals surface area contributed by atoms with Gasteiger partial charge in [0.25, 0.3) is 5.56 Å². The number of H-pyrrole nitrogens is 1. The number of hydrogen-bond donors (Lipinski definition) is 2. The molecule has 8 heteroatoms. The summed E-state index contributed by atoms with van der Waals surface area (Å²) in [6.45, 7) is 13.6. The van der Waals surface area contributed by atoms with E-state index in [4.69, 9.17) is 0 Å². The third-order valence-corrected chi connectivity index (χ3v) is 5.47. The molecule has 1 atom stereocenters.